The summed E-state index contributed by atoms with van der Waals surface area (Å²) < 4.78 is 30.9. The van der Waals surface area contributed by atoms with Gasteiger partial charge in [0.25, 0.3) is 0 Å². The first-order valence-corrected chi connectivity index (χ1v) is 9.36. The molecule has 1 amide bonds. The fraction of sp³-hybridized carbons (Fsp3) is 0.250. The second kappa shape index (κ2) is 9.42. The van der Waals surface area contributed by atoms with E-state index in [2.05, 4.69) is 20.3 Å². The average Bonchev–Trinajstić information content (AvgIpc) is 3.06. The van der Waals surface area contributed by atoms with E-state index in [-0.39, 0.29) is 24.6 Å². The predicted octanol–water partition coefficient (Wildman–Crippen LogP) is 4.22. The van der Waals surface area contributed by atoms with Gasteiger partial charge in [-0.05, 0) is 36.8 Å². The van der Waals surface area contributed by atoms with E-state index in [0.29, 0.717) is 17.1 Å². The van der Waals surface area contributed by atoms with Gasteiger partial charge in [-0.3, -0.25) is 14.5 Å². The van der Waals surface area contributed by atoms with Crippen molar-refractivity contribution >= 4 is 18.1 Å². The third kappa shape index (κ3) is 5.71. The minimum Gasteiger partial charge on any atom is -0.435 e. The number of nitrogens with zero attached hydrogens (tertiary/aromatic N) is 2. The highest BCUT2D eigenvalue weighted by atomic mass is 32.1. The van der Waals surface area contributed by atoms with Crippen molar-refractivity contribution in [2.75, 3.05) is 0 Å². The SMILES string of the molecule is Cc1ccc(-c2n[nH]c(=S)n2CCC(=O)NCc2ccc(OC(F)F)cc2)cc1. The lowest BCUT2D eigenvalue weighted by molar-refractivity contribution is -0.121. The van der Waals surface area contributed by atoms with Crippen LogP contribution in [-0.4, -0.2) is 27.3 Å². The molecule has 0 aliphatic carbocycles. The van der Waals surface area contributed by atoms with Crippen LogP contribution in [0, 0.1) is 11.7 Å². The van der Waals surface area contributed by atoms with Gasteiger partial charge in [0, 0.05) is 25.1 Å². The Morgan fingerprint density at radius 2 is 1.90 bits per heavy atom. The van der Waals surface area contributed by atoms with Crippen molar-refractivity contribution in [2.45, 2.75) is 33.0 Å². The molecule has 0 spiro atoms. The van der Waals surface area contributed by atoms with Gasteiger partial charge in [0.05, 0.1) is 0 Å². The number of carbonyl (C=O) groups excluding carboxylic acids is 1. The molecule has 0 fully saturated rings. The van der Waals surface area contributed by atoms with Crippen molar-refractivity contribution in [1.82, 2.24) is 20.1 Å². The molecule has 3 rings (SSSR count). The van der Waals surface area contributed by atoms with Crippen LogP contribution in [0.4, 0.5) is 8.78 Å². The van der Waals surface area contributed by atoms with Crippen LogP contribution < -0.4 is 10.1 Å². The van der Waals surface area contributed by atoms with E-state index >= 15 is 0 Å². The number of carbonyl (C=O) groups is 1. The number of nitrogens with one attached hydrogen (secondary N) is 2. The monoisotopic (exact) mass is 418 g/mol. The van der Waals surface area contributed by atoms with E-state index in [1.165, 1.54) is 12.1 Å². The molecule has 2 N–H and O–H groups in total. The van der Waals surface area contributed by atoms with Gasteiger partial charge in [0.15, 0.2) is 10.6 Å². The summed E-state index contributed by atoms with van der Waals surface area (Å²) in [5.41, 5.74) is 2.83. The number of benzene rings is 2. The maximum atomic E-state index is 12.2. The van der Waals surface area contributed by atoms with Crippen LogP contribution in [0.5, 0.6) is 5.75 Å². The van der Waals surface area contributed by atoms with Crippen LogP contribution in [-0.2, 0) is 17.9 Å². The molecule has 152 valence electrons. The molecule has 6 nitrogen and oxygen atoms in total. The smallest absolute Gasteiger partial charge is 0.387 e. The highest BCUT2D eigenvalue weighted by molar-refractivity contribution is 7.71. The van der Waals surface area contributed by atoms with E-state index in [1.54, 1.807) is 16.7 Å². The molecule has 0 unspecified atom stereocenters. The molecule has 0 saturated carbocycles. The molecule has 0 radical (unpaired) electrons. The van der Waals surface area contributed by atoms with Gasteiger partial charge in [-0.25, -0.2) is 0 Å². The summed E-state index contributed by atoms with van der Waals surface area (Å²) in [4.78, 5) is 12.2. The average molecular weight is 418 g/mol. The summed E-state index contributed by atoms with van der Waals surface area (Å²) in [6.07, 6.45) is 0.222. The number of aryl methyl sites for hydroxylation is 1. The molecule has 0 bridgehead atoms. The maximum absolute atomic E-state index is 12.2. The van der Waals surface area contributed by atoms with Crippen LogP contribution in [0.25, 0.3) is 11.4 Å². The quantitative estimate of drug-likeness (QED) is 0.537. The summed E-state index contributed by atoms with van der Waals surface area (Å²) in [6, 6.07) is 14.0. The van der Waals surface area contributed by atoms with E-state index < -0.39 is 6.61 Å². The Morgan fingerprint density at radius 3 is 2.55 bits per heavy atom. The van der Waals surface area contributed by atoms with Crippen molar-refractivity contribution in [1.29, 1.82) is 0 Å². The molecule has 0 aliphatic rings. The van der Waals surface area contributed by atoms with Gasteiger partial charge in [-0.1, -0.05) is 42.0 Å². The molecule has 1 heterocycles. The highest BCUT2D eigenvalue weighted by Crippen LogP contribution is 2.18. The largest absolute Gasteiger partial charge is 0.435 e. The number of alkyl halides is 2. The van der Waals surface area contributed by atoms with Crippen LogP contribution in [0.15, 0.2) is 48.5 Å². The topological polar surface area (TPSA) is 71.9 Å². The second-order valence-electron chi connectivity index (χ2n) is 6.42. The number of aromatic nitrogens is 3. The number of hydrogen-bond donors (Lipinski definition) is 2. The number of rotatable bonds is 8. The molecule has 0 aliphatic heterocycles. The molecule has 0 atom stereocenters. The van der Waals surface area contributed by atoms with Crippen LogP contribution in [0.3, 0.4) is 0 Å². The number of amides is 1. The molecule has 0 saturated heterocycles. The van der Waals surface area contributed by atoms with E-state index in [1.807, 2.05) is 31.2 Å². The minimum absolute atomic E-state index is 0.0769. The molecule has 2 aromatic carbocycles. The molecule has 29 heavy (non-hydrogen) atoms. The summed E-state index contributed by atoms with van der Waals surface area (Å²) in [5.74, 6) is 0.598. The van der Waals surface area contributed by atoms with Gasteiger partial charge in [0.1, 0.15) is 5.75 Å². The molecule has 1 aromatic heterocycles. The van der Waals surface area contributed by atoms with Gasteiger partial charge < -0.3 is 10.1 Å². The van der Waals surface area contributed by atoms with E-state index in [0.717, 1.165) is 16.7 Å². The third-order valence-electron chi connectivity index (χ3n) is 4.27. The van der Waals surface area contributed by atoms with Crippen molar-refractivity contribution in [2.24, 2.45) is 0 Å². The van der Waals surface area contributed by atoms with Crippen molar-refractivity contribution in [3.8, 4) is 17.1 Å². The fourth-order valence-electron chi connectivity index (χ4n) is 2.74. The highest BCUT2D eigenvalue weighted by Gasteiger charge is 2.11. The maximum Gasteiger partial charge on any atom is 0.387 e. The number of H-pyrrole nitrogens is 1. The first-order valence-electron chi connectivity index (χ1n) is 8.95. The van der Waals surface area contributed by atoms with Crippen molar-refractivity contribution in [3.05, 3.63) is 64.4 Å². The summed E-state index contributed by atoms with van der Waals surface area (Å²) >= 11 is 5.28. The standard InChI is InChI=1S/C20H20F2N4O2S/c1-13-2-6-15(7-3-13)18-24-25-20(29)26(18)11-10-17(27)23-12-14-4-8-16(9-5-14)28-19(21)22/h2-9,19H,10-12H2,1H3,(H,23,27)(H,25,29). The molecule has 9 heteroatoms. The first kappa shape index (κ1) is 20.7. The summed E-state index contributed by atoms with van der Waals surface area (Å²) in [6.45, 7) is -0.189. The lowest BCUT2D eigenvalue weighted by atomic mass is 10.1. The van der Waals surface area contributed by atoms with Gasteiger partial charge in [-0.15, -0.1) is 0 Å². The van der Waals surface area contributed by atoms with Crippen LogP contribution >= 0.6 is 12.2 Å². The van der Waals surface area contributed by atoms with Crippen molar-refractivity contribution in [3.63, 3.8) is 0 Å². The van der Waals surface area contributed by atoms with Gasteiger partial charge in [0.2, 0.25) is 5.91 Å². The Labute approximate surface area is 171 Å². The van der Waals surface area contributed by atoms with E-state index in [9.17, 15) is 13.6 Å². The Balaban J connectivity index is 1.55. The Morgan fingerprint density at radius 1 is 1.21 bits per heavy atom. The molecule has 3 aromatic rings. The second-order valence-corrected chi connectivity index (χ2v) is 6.81. The number of ether oxygens (including phenoxy) is 1. The molecular formula is C20H20F2N4O2S. The minimum atomic E-state index is -2.86. The normalized spacial score (nSPS) is 10.9. The zero-order chi connectivity index (χ0) is 20.8. The first-order chi connectivity index (χ1) is 13.9. The van der Waals surface area contributed by atoms with Crippen LogP contribution in [0.2, 0.25) is 0 Å². The van der Waals surface area contributed by atoms with Gasteiger partial charge in [-0.2, -0.15) is 13.9 Å². The summed E-state index contributed by atoms with van der Waals surface area (Å²) in [5, 5.41) is 9.84. The number of aromatic amines is 1. The Bertz CT molecular complexity index is 1010. The predicted molar refractivity (Wildman–Crippen MR) is 107 cm³/mol. The number of halogens is 2. The number of hydrogen-bond acceptors (Lipinski definition) is 4. The lowest BCUT2D eigenvalue weighted by Crippen LogP contribution is -2.24. The lowest BCUT2D eigenvalue weighted by Gasteiger charge is -2.09. The summed E-state index contributed by atoms with van der Waals surface area (Å²) in [7, 11) is 0. The van der Waals surface area contributed by atoms with Crippen LogP contribution in [0.1, 0.15) is 17.5 Å². The fourth-order valence-corrected chi connectivity index (χ4v) is 2.96. The van der Waals surface area contributed by atoms with Crippen molar-refractivity contribution < 1.29 is 18.3 Å². The van der Waals surface area contributed by atoms with E-state index in [4.69, 9.17) is 12.2 Å². The van der Waals surface area contributed by atoms with Gasteiger partial charge >= 0.3 is 6.61 Å². The zero-order valence-electron chi connectivity index (χ0n) is 15.7. The Hall–Kier alpha value is -3.07. The third-order valence-corrected chi connectivity index (χ3v) is 4.58. The Kier molecular flexibility index (Phi) is 6.71. The molecular weight excluding hydrogens is 398 g/mol. The zero-order valence-corrected chi connectivity index (χ0v) is 16.5.